The van der Waals surface area contributed by atoms with E-state index in [9.17, 15) is 36.2 Å². The van der Waals surface area contributed by atoms with Crippen LogP contribution in [0.3, 0.4) is 0 Å². The molecule has 0 aromatic rings. The highest BCUT2D eigenvalue weighted by atomic mass is 19.4. The maximum atomic E-state index is 12.2. The summed E-state index contributed by atoms with van der Waals surface area (Å²) in [6.45, 7) is 2.76. The van der Waals surface area contributed by atoms with Crippen LogP contribution in [0.1, 0.15) is 20.3 Å². The first-order chi connectivity index (χ1) is 8.35. The van der Waals surface area contributed by atoms with Crippen LogP contribution in [-0.2, 0) is 4.79 Å². The van der Waals surface area contributed by atoms with Gasteiger partial charge in [0.05, 0.1) is 6.10 Å². The van der Waals surface area contributed by atoms with Crippen LogP contribution in [0.2, 0.25) is 0 Å². The molecule has 0 spiro atoms. The highest BCUT2D eigenvalue weighted by molar-refractivity contribution is 5.80. The normalized spacial score (nSPS) is 14.9. The first kappa shape index (κ1) is 18.0. The smallest absolute Gasteiger partial charge is 0.391 e. The van der Waals surface area contributed by atoms with Gasteiger partial charge in [0.15, 0.2) is 0 Å². The van der Waals surface area contributed by atoms with E-state index in [4.69, 9.17) is 0 Å². The third-order valence-corrected chi connectivity index (χ3v) is 2.17. The van der Waals surface area contributed by atoms with Gasteiger partial charge in [-0.3, -0.25) is 4.79 Å². The molecule has 0 saturated carbocycles. The fraction of sp³-hybridized carbons (Fsp3) is 0.900. The van der Waals surface area contributed by atoms with Gasteiger partial charge in [0.2, 0.25) is 11.8 Å². The van der Waals surface area contributed by atoms with E-state index in [1.165, 1.54) is 5.32 Å². The molecule has 0 rings (SSSR count). The summed E-state index contributed by atoms with van der Waals surface area (Å²) in [5, 5.41) is 10.8. The van der Waals surface area contributed by atoms with Crippen molar-refractivity contribution in [2.75, 3.05) is 6.54 Å². The number of halogens is 6. The van der Waals surface area contributed by atoms with Gasteiger partial charge in [-0.2, -0.15) is 26.3 Å². The van der Waals surface area contributed by atoms with Gasteiger partial charge in [0, 0.05) is 6.54 Å². The number of nitrogens with one attached hydrogen (secondary N) is 1. The quantitative estimate of drug-likeness (QED) is 0.764. The predicted octanol–water partition coefficient (Wildman–Crippen LogP) is 2.25. The number of hydrogen-bond donors (Lipinski definition) is 2. The topological polar surface area (TPSA) is 49.3 Å². The highest BCUT2D eigenvalue weighted by Crippen LogP contribution is 2.39. The van der Waals surface area contributed by atoms with Crippen molar-refractivity contribution >= 4 is 5.91 Å². The Morgan fingerprint density at radius 1 is 1.11 bits per heavy atom. The molecule has 2 N–H and O–H groups in total. The second kappa shape index (κ2) is 6.44. The van der Waals surface area contributed by atoms with Gasteiger partial charge >= 0.3 is 12.4 Å². The van der Waals surface area contributed by atoms with Crippen LogP contribution in [0.5, 0.6) is 0 Å². The number of amides is 1. The van der Waals surface area contributed by atoms with Gasteiger partial charge < -0.3 is 10.4 Å². The third kappa shape index (κ3) is 6.65. The number of carbonyl (C=O) groups excluding carboxylic acids is 1. The van der Waals surface area contributed by atoms with Gasteiger partial charge in [-0.1, -0.05) is 13.8 Å². The summed E-state index contributed by atoms with van der Waals surface area (Å²) in [7, 11) is 0. The van der Waals surface area contributed by atoms with Gasteiger partial charge in [-0.15, -0.1) is 0 Å². The van der Waals surface area contributed by atoms with Crippen LogP contribution >= 0.6 is 0 Å². The fourth-order valence-corrected chi connectivity index (χ4v) is 1.43. The van der Waals surface area contributed by atoms with E-state index in [-0.39, 0.29) is 12.3 Å². The SMILES string of the molecule is CC(C)CC(O)CNC(=O)C(C(F)(F)F)C(F)(F)F. The third-order valence-electron chi connectivity index (χ3n) is 2.17. The van der Waals surface area contributed by atoms with Gasteiger partial charge in [-0.25, -0.2) is 0 Å². The second-order valence-electron chi connectivity index (χ2n) is 4.54. The number of alkyl halides is 6. The Bertz CT molecular complexity index is 285. The highest BCUT2D eigenvalue weighted by Gasteiger charge is 2.61. The van der Waals surface area contributed by atoms with Crippen LogP contribution in [-0.4, -0.2) is 36.0 Å². The Morgan fingerprint density at radius 2 is 1.53 bits per heavy atom. The first-order valence-electron chi connectivity index (χ1n) is 5.45. The van der Waals surface area contributed by atoms with Crippen LogP contribution in [0.4, 0.5) is 26.3 Å². The van der Waals surface area contributed by atoms with Crippen molar-refractivity contribution in [1.82, 2.24) is 5.32 Å². The molecule has 0 aromatic heterocycles. The van der Waals surface area contributed by atoms with E-state index in [1.807, 2.05) is 0 Å². The maximum absolute atomic E-state index is 12.2. The van der Waals surface area contributed by atoms with Crippen molar-refractivity contribution in [2.24, 2.45) is 11.8 Å². The molecule has 0 saturated heterocycles. The molecule has 114 valence electrons. The molecule has 1 atom stereocenters. The van der Waals surface area contributed by atoms with Gasteiger partial charge in [-0.05, 0) is 12.3 Å². The Labute approximate surface area is 106 Å². The van der Waals surface area contributed by atoms with E-state index < -0.39 is 36.8 Å². The Balaban J connectivity index is 4.61. The molecule has 0 radical (unpaired) electrons. The lowest BCUT2D eigenvalue weighted by Crippen LogP contribution is -2.49. The summed E-state index contributed by atoms with van der Waals surface area (Å²) < 4.78 is 72.9. The summed E-state index contributed by atoms with van der Waals surface area (Å²) in [5.74, 6) is -6.29. The Morgan fingerprint density at radius 3 is 1.84 bits per heavy atom. The Kier molecular flexibility index (Phi) is 6.11. The van der Waals surface area contributed by atoms with Crippen molar-refractivity contribution in [3.8, 4) is 0 Å². The number of carbonyl (C=O) groups is 1. The molecule has 0 heterocycles. The number of aliphatic hydroxyl groups excluding tert-OH is 1. The van der Waals surface area contributed by atoms with Crippen LogP contribution in [0, 0.1) is 11.8 Å². The Hall–Kier alpha value is -0.990. The lowest BCUT2D eigenvalue weighted by molar-refractivity contribution is -0.274. The number of rotatable bonds is 5. The minimum Gasteiger partial charge on any atom is -0.391 e. The van der Waals surface area contributed by atoms with Crippen LogP contribution < -0.4 is 5.32 Å². The second-order valence-corrected chi connectivity index (χ2v) is 4.54. The van der Waals surface area contributed by atoms with E-state index in [2.05, 4.69) is 0 Å². The zero-order valence-electron chi connectivity index (χ0n) is 10.3. The van der Waals surface area contributed by atoms with Crippen molar-refractivity contribution in [1.29, 1.82) is 0 Å². The minimum absolute atomic E-state index is 0.00655. The molecule has 0 fully saturated rings. The standard InChI is InChI=1S/C10H15F6NO2/c1-5(2)3-6(18)4-17-8(19)7(9(11,12)13)10(14,15)16/h5-7,18H,3-4H2,1-2H3,(H,17,19). The van der Waals surface area contributed by atoms with Crippen molar-refractivity contribution in [3.63, 3.8) is 0 Å². The predicted molar refractivity (Wildman–Crippen MR) is 54.1 cm³/mol. The molecule has 0 aliphatic carbocycles. The zero-order valence-corrected chi connectivity index (χ0v) is 10.3. The summed E-state index contributed by atoms with van der Waals surface area (Å²) >= 11 is 0. The van der Waals surface area contributed by atoms with Crippen molar-refractivity contribution in [3.05, 3.63) is 0 Å². The van der Waals surface area contributed by atoms with Crippen molar-refractivity contribution < 1.29 is 36.2 Å². The molecule has 1 amide bonds. The fourth-order valence-electron chi connectivity index (χ4n) is 1.43. The summed E-state index contributed by atoms with van der Waals surface area (Å²) in [4.78, 5) is 11.0. The molecule has 1 unspecified atom stereocenters. The zero-order chi connectivity index (χ0) is 15.4. The molecule has 0 aliphatic heterocycles. The molecule has 0 aliphatic rings. The number of hydrogen-bond acceptors (Lipinski definition) is 2. The van der Waals surface area contributed by atoms with Crippen molar-refractivity contribution in [2.45, 2.75) is 38.7 Å². The maximum Gasteiger partial charge on any atom is 0.409 e. The van der Waals surface area contributed by atoms with Gasteiger partial charge in [0.1, 0.15) is 0 Å². The monoisotopic (exact) mass is 295 g/mol. The average Bonchev–Trinajstić information content (AvgIpc) is 2.08. The summed E-state index contributed by atoms with van der Waals surface area (Å²) in [5.41, 5.74) is 0. The molecular formula is C10H15F6NO2. The molecule has 0 bridgehead atoms. The lowest BCUT2D eigenvalue weighted by atomic mass is 10.1. The van der Waals surface area contributed by atoms with Crippen LogP contribution in [0.15, 0.2) is 0 Å². The molecule has 19 heavy (non-hydrogen) atoms. The minimum atomic E-state index is -5.72. The molecule has 3 nitrogen and oxygen atoms in total. The van der Waals surface area contributed by atoms with E-state index >= 15 is 0 Å². The molecule has 9 heteroatoms. The van der Waals surface area contributed by atoms with E-state index in [0.717, 1.165) is 0 Å². The number of aliphatic hydroxyl groups is 1. The summed E-state index contributed by atoms with van der Waals surface area (Å²) in [6, 6.07) is 0. The largest absolute Gasteiger partial charge is 0.409 e. The lowest BCUT2D eigenvalue weighted by Gasteiger charge is -2.23. The van der Waals surface area contributed by atoms with Crippen LogP contribution in [0.25, 0.3) is 0 Å². The molecule has 0 aromatic carbocycles. The average molecular weight is 295 g/mol. The van der Waals surface area contributed by atoms with Gasteiger partial charge in [0.25, 0.3) is 0 Å². The van der Waals surface area contributed by atoms with E-state index in [0.29, 0.717) is 0 Å². The summed E-state index contributed by atoms with van der Waals surface area (Å²) in [6.07, 6.45) is -12.5. The molecular weight excluding hydrogens is 280 g/mol. The van der Waals surface area contributed by atoms with E-state index in [1.54, 1.807) is 13.8 Å². The first-order valence-corrected chi connectivity index (χ1v) is 5.45.